The average Bonchev–Trinajstić information content (AvgIpc) is 2.36. The van der Waals surface area contributed by atoms with E-state index in [-0.39, 0.29) is 5.91 Å². The second-order valence-electron chi connectivity index (χ2n) is 3.62. The highest BCUT2D eigenvalue weighted by Crippen LogP contribution is 2.08. The van der Waals surface area contributed by atoms with Gasteiger partial charge in [0, 0.05) is 18.5 Å². The fourth-order valence-corrected chi connectivity index (χ4v) is 2.05. The lowest BCUT2D eigenvalue weighted by Gasteiger charge is -2.04. The lowest BCUT2D eigenvalue weighted by atomic mass is 10.4. The molecule has 94 valence electrons. The minimum Gasteiger partial charge on any atom is -0.355 e. The van der Waals surface area contributed by atoms with E-state index >= 15 is 0 Å². The smallest absolute Gasteiger partial charge is 0.230 e. The Morgan fingerprint density at radius 3 is 3.00 bits per heavy atom. The Morgan fingerprint density at radius 1 is 1.41 bits per heavy atom. The van der Waals surface area contributed by atoms with E-state index in [0.29, 0.717) is 5.75 Å². The minimum atomic E-state index is 0.0991. The maximum Gasteiger partial charge on any atom is 0.230 e. The molecule has 1 rings (SSSR count). The monoisotopic (exact) mass is 253 g/mol. The van der Waals surface area contributed by atoms with Crippen molar-refractivity contribution < 1.29 is 4.79 Å². The van der Waals surface area contributed by atoms with Crippen molar-refractivity contribution in [1.29, 1.82) is 0 Å². The normalized spacial score (nSPS) is 10.2. The predicted molar refractivity (Wildman–Crippen MR) is 72.0 cm³/mol. The van der Waals surface area contributed by atoms with Gasteiger partial charge in [0.25, 0.3) is 0 Å². The quantitative estimate of drug-likeness (QED) is 0.680. The third kappa shape index (κ3) is 6.97. The lowest BCUT2D eigenvalue weighted by Crippen LogP contribution is -2.28. The maximum absolute atomic E-state index is 11.4. The van der Waals surface area contributed by atoms with Gasteiger partial charge in [-0.3, -0.25) is 9.78 Å². The summed E-state index contributed by atoms with van der Waals surface area (Å²) in [6, 6.07) is 5.82. The van der Waals surface area contributed by atoms with Crippen molar-refractivity contribution in [2.75, 3.05) is 25.9 Å². The van der Waals surface area contributed by atoms with Gasteiger partial charge in [-0.15, -0.1) is 11.8 Å². The topological polar surface area (TPSA) is 54.0 Å². The first kappa shape index (κ1) is 14.0. The fraction of sp³-hybridized carbons (Fsp3) is 0.500. The second-order valence-corrected chi connectivity index (χ2v) is 4.61. The molecule has 0 radical (unpaired) electrons. The number of nitrogens with one attached hydrogen (secondary N) is 2. The molecule has 0 spiro atoms. The molecule has 17 heavy (non-hydrogen) atoms. The Kier molecular flexibility index (Phi) is 7.42. The van der Waals surface area contributed by atoms with E-state index in [1.165, 1.54) is 0 Å². The number of carbonyl (C=O) groups is 1. The molecule has 0 saturated carbocycles. The van der Waals surface area contributed by atoms with Gasteiger partial charge in [-0.05, 0) is 32.1 Å². The van der Waals surface area contributed by atoms with Gasteiger partial charge in [-0.1, -0.05) is 6.07 Å². The summed E-state index contributed by atoms with van der Waals surface area (Å²) in [5.41, 5.74) is 1.01. The largest absolute Gasteiger partial charge is 0.355 e. The summed E-state index contributed by atoms with van der Waals surface area (Å²) < 4.78 is 0. The van der Waals surface area contributed by atoms with Gasteiger partial charge in [0.15, 0.2) is 0 Å². The highest BCUT2D eigenvalue weighted by Gasteiger charge is 2.01. The number of amides is 1. The first-order valence-electron chi connectivity index (χ1n) is 5.72. The van der Waals surface area contributed by atoms with E-state index in [4.69, 9.17) is 0 Å². The summed E-state index contributed by atoms with van der Waals surface area (Å²) >= 11 is 1.59. The summed E-state index contributed by atoms with van der Waals surface area (Å²) in [7, 11) is 1.91. The second kappa shape index (κ2) is 9.01. The number of aromatic nitrogens is 1. The number of thioether (sulfide) groups is 1. The van der Waals surface area contributed by atoms with Crippen LogP contribution in [0, 0.1) is 0 Å². The molecule has 0 aromatic carbocycles. The van der Waals surface area contributed by atoms with E-state index in [1.807, 2.05) is 25.2 Å². The van der Waals surface area contributed by atoms with Gasteiger partial charge >= 0.3 is 0 Å². The molecule has 0 aliphatic heterocycles. The van der Waals surface area contributed by atoms with Gasteiger partial charge in [-0.2, -0.15) is 0 Å². The Hall–Kier alpha value is -1.07. The summed E-state index contributed by atoms with van der Waals surface area (Å²) in [6.07, 6.45) is 2.74. The minimum absolute atomic E-state index is 0.0991. The zero-order valence-corrected chi connectivity index (χ0v) is 10.9. The van der Waals surface area contributed by atoms with Crippen LogP contribution in [0.4, 0.5) is 0 Å². The van der Waals surface area contributed by atoms with E-state index < -0.39 is 0 Å². The standard InChI is InChI=1S/C12H19N3OS/c1-13-6-4-8-15-12(16)10-17-9-11-5-2-3-7-14-11/h2-3,5,7,13H,4,6,8-10H2,1H3,(H,15,16). The zero-order valence-electron chi connectivity index (χ0n) is 10.1. The number of hydrogen-bond donors (Lipinski definition) is 2. The molecule has 0 fully saturated rings. The van der Waals surface area contributed by atoms with Crippen molar-refractivity contribution in [2.24, 2.45) is 0 Å². The lowest BCUT2D eigenvalue weighted by molar-refractivity contribution is -0.118. The van der Waals surface area contributed by atoms with Crippen LogP contribution in [0.1, 0.15) is 12.1 Å². The van der Waals surface area contributed by atoms with Crippen molar-refractivity contribution in [3.63, 3.8) is 0 Å². The number of nitrogens with zero attached hydrogens (tertiary/aromatic N) is 1. The third-order valence-corrected chi connectivity index (χ3v) is 3.10. The molecule has 4 nitrogen and oxygen atoms in total. The number of rotatable bonds is 8. The van der Waals surface area contributed by atoms with Gasteiger partial charge in [0.05, 0.1) is 11.4 Å². The first-order chi connectivity index (χ1) is 8.33. The van der Waals surface area contributed by atoms with E-state index in [0.717, 1.165) is 31.0 Å². The van der Waals surface area contributed by atoms with E-state index in [9.17, 15) is 4.79 Å². The average molecular weight is 253 g/mol. The third-order valence-electron chi connectivity index (χ3n) is 2.13. The van der Waals surface area contributed by atoms with Crippen LogP contribution in [0.5, 0.6) is 0 Å². The summed E-state index contributed by atoms with van der Waals surface area (Å²) in [5.74, 6) is 1.38. The Morgan fingerprint density at radius 2 is 2.29 bits per heavy atom. The molecular weight excluding hydrogens is 234 g/mol. The Labute approximate surface area is 107 Å². The molecule has 1 aromatic heterocycles. The van der Waals surface area contributed by atoms with Crippen LogP contribution >= 0.6 is 11.8 Å². The summed E-state index contributed by atoms with van der Waals surface area (Å²) in [5, 5.41) is 5.92. The fourth-order valence-electron chi connectivity index (χ4n) is 1.28. The molecule has 2 N–H and O–H groups in total. The number of pyridine rings is 1. The van der Waals surface area contributed by atoms with Crippen LogP contribution in [0.15, 0.2) is 24.4 Å². The molecule has 1 amide bonds. The summed E-state index contributed by atoms with van der Waals surface area (Å²) in [6.45, 7) is 1.67. The van der Waals surface area contributed by atoms with Crippen molar-refractivity contribution in [1.82, 2.24) is 15.6 Å². The Balaban J connectivity index is 2.04. The zero-order chi connectivity index (χ0) is 12.3. The molecule has 0 unspecified atom stereocenters. The highest BCUT2D eigenvalue weighted by molar-refractivity contribution is 7.99. The number of hydrogen-bond acceptors (Lipinski definition) is 4. The van der Waals surface area contributed by atoms with Crippen LogP contribution < -0.4 is 10.6 Å². The Bertz CT molecular complexity index is 319. The molecule has 0 atom stereocenters. The van der Waals surface area contributed by atoms with Crippen LogP contribution in [0.3, 0.4) is 0 Å². The van der Waals surface area contributed by atoms with Crippen LogP contribution in [-0.2, 0) is 10.5 Å². The SMILES string of the molecule is CNCCCNC(=O)CSCc1ccccn1. The number of carbonyl (C=O) groups excluding carboxylic acids is 1. The van der Waals surface area contributed by atoms with Gasteiger partial charge in [0.1, 0.15) is 0 Å². The molecule has 5 heteroatoms. The molecule has 0 saturated heterocycles. The maximum atomic E-state index is 11.4. The van der Waals surface area contributed by atoms with Crippen molar-refractivity contribution in [3.8, 4) is 0 Å². The molecule has 0 aliphatic rings. The van der Waals surface area contributed by atoms with Crippen molar-refractivity contribution in [2.45, 2.75) is 12.2 Å². The van der Waals surface area contributed by atoms with Crippen LogP contribution in [0.2, 0.25) is 0 Å². The van der Waals surface area contributed by atoms with Crippen molar-refractivity contribution in [3.05, 3.63) is 30.1 Å². The molecule has 0 aliphatic carbocycles. The first-order valence-corrected chi connectivity index (χ1v) is 6.87. The molecule has 0 bridgehead atoms. The van der Waals surface area contributed by atoms with Gasteiger partial charge < -0.3 is 10.6 Å². The molecule has 1 aromatic rings. The predicted octanol–water partition coefficient (Wildman–Crippen LogP) is 1.04. The highest BCUT2D eigenvalue weighted by atomic mass is 32.2. The van der Waals surface area contributed by atoms with Gasteiger partial charge in [-0.25, -0.2) is 0 Å². The van der Waals surface area contributed by atoms with E-state index in [2.05, 4.69) is 15.6 Å². The van der Waals surface area contributed by atoms with Crippen LogP contribution in [0.25, 0.3) is 0 Å². The summed E-state index contributed by atoms with van der Waals surface area (Å²) in [4.78, 5) is 15.6. The van der Waals surface area contributed by atoms with Crippen LogP contribution in [-0.4, -0.2) is 36.8 Å². The molecule has 1 heterocycles. The van der Waals surface area contributed by atoms with Crippen molar-refractivity contribution >= 4 is 17.7 Å². The van der Waals surface area contributed by atoms with E-state index in [1.54, 1.807) is 18.0 Å². The van der Waals surface area contributed by atoms with Gasteiger partial charge in [0.2, 0.25) is 5.91 Å². The molecular formula is C12H19N3OS.